The highest BCUT2D eigenvalue weighted by atomic mass is 32.2. The summed E-state index contributed by atoms with van der Waals surface area (Å²) >= 11 is 1.74. The van der Waals surface area contributed by atoms with Crippen molar-refractivity contribution in [2.24, 2.45) is 0 Å². The maximum Gasteiger partial charge on any atom is 0.231 e. The van der Waals surface area contributed by atoms with Gasteiger partial charge in [0, 0.05) is 29.7 Å². The molecule has 0 radical (unpaired) electrons. The number of halogens is 1. The molecular weight excluding hydrogens is 389 g/mol. The van der Waals surface area contributed by atoms with E-state index in [-0.39, 0.29) is 23.4 Å². The van der Waals surface area contributed by atoms with Gasteiger partial charge >= 0.3 is 0 Å². The van der Waals surface area contributed by atoms with E-state index >= 15 is 0 Å². The number of hydrogen-bond donors (Lipinski definition) is 0. The molecule has 8 heteroatoms. The van der Waals surface area contributed by atoms with E-state index < -0.39 is 15.8 Å². The Bertz CT molecular complexity index is 935. The van der Waals surface area contributed by atoms with E-state index in [9.17, 15) is 12.8 Å². The predicted octanol–water partition coefficient (Wildman–Crippen LogP) is 3.56. The first kappa shape index (κ1) is 18.6. The lowest BCUT2D eigenvalue weighted by Gasteiger charge is -2.20. The maximum absolute atomic E-state index is 13.9. The second-order valence-electron chi connectivity index (χ2n) is 6.51. The Kier molecular flexibility index (Phi) is 5.29. The minimum absolute atomic E-state index is 0.188. The summed E-state index contributed by atoms with van der Waals surface area (Å²) in [5.41, 5.74) is 1.32. The van der Waals surface area contributed by atoms with Crippen molar-refractivity contribution in [1.29, 1.82) is 0 Å². The summed E-state index contributed by atoms with van der Waals surface area (Å²) in [5, 5.41) is 0.188. The largest absolute Gasteiger partial charge is 0.454 e. The normalized spacial score (nSPS) is 20.4. The highest BCUT2D eigenvalue weighted by Crippen LogP contribution is 2.40. The van der Waals surface area contributed by atoms with Gasteiger partial charge in [0.2, 0.25) is 16.8 Å². The van der Waals surface area contributed by atoms with Crippen LogP contribution in [0.3, 0.4) is 0 Å². The van der Waals surface area contributed by atoms with Crippen LogP contribution in [-0.4, -0.2) is 38.4 Å². The first-order valence-electron chi connectivity index (χ1n) is 8.75. The van der Waals surface area contributed by atoms with E-state index in [1.54, 1.807) is 23.9 Å². The van der Waals surface area contributed by atoms with Gasteiger partial charge in [0.1, 0.15) is 5.82 Å². The highest BCUT2D eigenvalue weighted by molar-refractivity contribution is 7.99. The molecule has 0 amide bonds. The van der Waals surface area contributed by atoms with Gasteiger partial charge in [-0.2, -0.15) is 11.8 Å². The molecule has 4 rings (SSSR count). The van der Waals surface area contributed by atoms with Crippen molar-refractivity contribution in [1.82, 2.24) is 4.31 Å². The summed E-state index contributed by atoms with van der Waals surface area (Å²) in [5.74, 6) is 1.38. The van der Waals surface area contributed by atoms with Gasteiger partial charge in [-0.05, 0) is 30.2 Å². The van der Waals surface area contributed by atoms with Gasteiger partial charge in [0.25, 0.3) is 0 Å². The first-order chi connectivity index (χ1) is 13.0. The van der Waals surface area contributed by atoms with Crippen LogP contribution in [0.2, 0.25) is 0 Å². The van der Waals surface area contributed by atoms with Crippen LogP contribution in [0.5, 0.6) is 11.5 Å². The Morgan fingerprint density at radius 3 is 2.78 bits per heavy atom. The molecule has 2 heterocycles. The van der Waals surface area contributed by atoms with Crippen molar-refractivity contribution in [3.8, 4) is 11.5 Å². The zero-order chi connectivity index (χ0) is 18.9. The number of sulfonamides is 1. The summed E-state index contributed by atoms with van der Waals surface area (Å²) in [4.78, 5) is 0. The number of hydrogen-bond acceptors (Lipinski definition) is 5. The van der Waals surface area contributed by atoms with Crippen LogP contribution in [0.25, 0.3) is 0 Å². The molecule has 1 saturated heterocycles. The van der Waals surface area contributed by atoms with E-state index in [0.717, 1.165) is 17.1 Å². The zero-order valence-electron chi connectivity index (χ0n) is 14.6. The van der Waals surface area contributed by atoms with Crippen LogP contribution in [-0.2, 0) is 15.8 Å². The molecule has 1 atom stereocenters. The third-order valence-electron chi connectivity index (χ3n) is 4.76. The van der Waals surface area contributed by atoms with Gasteiger partial charge in [0.05, 0.1) is 5.75 Å². The fourth-order valence-electron chi connectivity index (χ4n) is 3.31. The molecule has 1 unspecified atom stereocenters. The van der Waals surface area contributed by atoms with Gasteiger partial charge in [0.15, 0.2) is 11.5 Å². The molecule has 0 bridgehead atoms. The summed E-state index contributed by atoms with van der Waals surface area (Å²) in [6, 6.07) is 11.9. The quantitative estimate of drug-likeness (QED) is 0.773. The lowest BCUT2D eigenvalue weighted by molar-refractivity contribution is 0.174. The van der Waals surface area contributed by atoms with Gasteiger partial charge in [-0.3, -0.25) is 0 Å². The van der Waals surface area contributed by atoms with Crippen LogP contribution >= 0.6 is 11.8 Å². The molecule has 0 aromatic heterocycles. The molecule has 0 saturated carbocycles. The average Bonchev–Trinajstić information content (AvgIpc) is 2.97. The molecule has 1 fully saturated rings. The number of fused-ring (bicyclic) bond motifs is 1. The molecule has 0 N–H and O–H groups in total. The van der Waals surface area contributed by atoms with Crippen LogP contribution in [0.4, 0.5) is 4.39 Å². The van der Waals surface area contributed by atoms with Crippen LogP contribution < -0.4 is 9.47 Å². The SMILES string of the molecule is O=S(=O)(Cc1ccccc1F)N1CCSC(c2ccc3c(c2)OCO3)CC1. The van der Waals surface area contributed by atoms with Crippen molar-refractivity contribution in [3.63, 3.8) is 0 Å². The van der Waals surface area contributed by atoms with E-state index in [1.807, 2.05) is 18.2 Å². The summed E-state index contributed by atoms with van der Waals surface area (Å²) < 4.78 is 51.7. The molecule has 2 aliphatic heterocycles. The molecule has 5 nitrogen and oxygen atoms in total. The standard InChI is InChI=1S/C19H20FNO4S2/c20-16-4-2-1-3-15(16)12-27(22,23)21-8-7-19(26-10-9-21)14-5-6-17-18(11-14)25-13-24-17/h1-6,11,19H,7-10,12-13H2. The fourth-order valence-corrected chi connectivity index (χ4v) is 6.21. The predicted molar refractivity (Wildman–Crippen MR) is 103 cm³/mol. The Balaban J connectivity index is 1.46. The number of thioether (sulfide) groups is 1. The number of ether oxygens (including phenoxy) is 2. The molecule has 2 aromatic rings. The van der Waals surface area contributed by atoms with Crippen LogP contribution in [0, 0.1) is 5.82 Å². The molecule has 2 aliphatic rings. The van der Waals surface area contributed by atoms with Crippen molar-refractivity contribution >= 4 is 21.8 Å². The molecule has 2 aromatic carbocycles. The topological polar surface area (TPSA) is 55.8 Å². The second-order valence-corrected chi connectivity index (χ2v) is 9.79. The monoisotopic (exact) mass is 409 g/mol. The molecular formula is C19H20FNO4S2. The van der Waals surface area contributed by atoms with Crippen molar-refractivity contribution in [2.45, 2.75) is 17.4 Å². The highest BCUT2D eigenvalue weighted by Gasteiger charge is 2.28. The van der Waals surface area contributed by atoms with Gasteiger partial charge in [-0.15, -0.1) is 0 Å². The van der Waals surface area contributed by atoms with E-state index in [1.165, 1.54) is 16.4 Å². The van der Waals surface area contributed by atoms with Gasteiger partial charge < -0.3 is 9.47 Å². The Labute approximate surface area is 162 Å². The minimum atomic E-state index is -3.56. The smallest absolute Gasteiger partial charge is 0.231 e. The van der Waals surface area contributed by atoms with Gasteiger partial charge in [-0.25, -0.2) is 17.1 Å². The fraction of sp³-hybridized carbons (Fsp3) is 0.368. The summed E-state index contributed by atoms with van der Waals surface area (Å²) in [6.07, 6.45) is 0.695. The van der Waals surface area contributed by atoms with Gasteiger partial charge in [-0.1, -0.05) is 24.3 Å². The van der Waals surface area contributed by atoms with E-state index in [4.69, 9.17) is 9.47 Å². The lowest BCUT2D eigenvalue weighted by atomic mass is 10.1. The Morgan fingerprint density at radius 1 is 1.11 bits per heavy atom. The van der Waals surface area contributed by atoms with Crippen molar-refractivity contribution < 1.29 is 22.3 Å². The summed E-state index contributed by atoms with van der Waals surface area (Å²) in [7, 11) is -3.56. The van der Waals surface area contributed by atoms with Crippen LogP contribution in [0.15, 0.2) is 42.5 Å². The minimum Gasteiger partial charge on any atom is -0.454 e. The van der Waals surface area contributed by atoms with Crippen molar-refractivity contribution in [3.05, 3.63) is 59.4 Å². The third-order valence-corrected chi connectivity index (χ3v) is 7.91. The zero-order valence-corrected chi connectivity index (χ0v) is 16.3. The molecule has 144 valence electrons. The van der Waals surface area contributed by atoms with Crippen LogP contribution in [0.1, 0.15) is 22.8 Å². The van der Waals surface area contributed by atoms with E-state index in [0.29, 0.717) is 25.3 Å². The molecule has 0 spiro atoms. The first-order valence-corrected chi connectivity index (χ1v) is 11.4. The number of rotatable bonds is 4. The Morgan fingerprint density at radius 2 is 1.93 bits per heavy atom. The number of nitrogens with zero attached hydrogens (tertiary/aromatic N) is 1. The lowest BCUT2D eigenvalue weighted by Crippen LogP contribution is -2.34. The molecule has 0 aliphatic carbocycles. The number of benzene rings is 2. The third kappa shape index (κ3) is 4.07. The maximum atomic E-state index is 13.9. The van der Waals surface area contributed by atoms with E-state index in [2.05, 4.69) is 0 Å². The van der Waals surface area contributed by atoms with Crippen molar-refractivity contribution in [2.75, 3.05) is 25.6 Å². The Hall–Kier alpha value is -1.77. The average molecular weight is 410 g/mol. The molecule has 27 heavy (non-hydrogen) atoms. The summed E-state index contributed by atoms with van der Waals surface area (Å²) in [6.45, 7) is 1.09. The second kappa shape index (κ2) is 7.69.